The summed E-state index contributed by atoms with van der Waals surface area (Å²) in [6.07, 6.45) is 6.02. The third kappa shape index (κ3) is 4.91. The van der Waals surface area contributed by atoms with Crippen LogP contribution in [0.3, 0.4) is 0 Å². The summed E-state index contributed by atoms with van der Waals surface area (Å²) in [6.45, 7) is 4.27. The number of urea groups is 1. The number of aryl methyl sites for hydroxylation is 1. The van der Waals surface area contributed by atoms with Crippen molar-refractivity contribution in [3.05, 3.63) is 60.7 Å². The molecule has 0 aliphatic carbocycles. The lowest BCUT2D eigenvalue weighted by Crippen LogP contribution is -2.33. The lowest BCUT2D eigenvalue weighted by Gasteiger charge is -2.21. The summed E-state index contributed by atoms with van der Waals surface area (Å²) in [5.41, 5.74) is 2.65. The van der Waals surface area contributed by atoms with Gasteiger partial charge in [0.25, 0.3) is 0 Å². The molecule has 0 saturated carbocycles. The number of pyridine rings is 1. The van der Waals surface area contributed by atoms with Crippen LogP contribution in [-0.2, 0) is 7.05 Å². The molecule has 27 heavy (non-hydrogen) atoms. The average molecular weight is 364 g/mol. The van der Waals surface area contributed by atoms with Crippen molar-refractivity contribution in [2.75, 3.05) is 5.32 Å². The molecule has 7 nitrogen and oxygen atoms in total. The molecule has 2 aromatic heterocycles. The van der Waals surface area contributed by atoms with Crippen LogP contribution in [0.1, 0.15) is 31.9 Å². The van der Waals surface area contributed by atoms with Gasteiger partial charge in [-0.1, -0.05) is 19.9 Å². The first-order chi connectivity index (χ1) is 13.0. The Labute approximate surface area is 158 Å². The molecule has 1 unspecified atom stereocenters. The van der Waals surface area contributed by atoms with Crippen molar-refractivity contribution in [3.63, 3.8) is 0 Å². The molecule has 0 spiro atoms. The summed E-state index contributed by atoms with van der Waals surface area (Å²) in [4.78, 5) is 16.6. The topological polar surface area (TPSA) is 84.7 Å². The van der Waals surface area contributed by atoms with Crippen molar-refractivity contribution in [1.29, 1.82) is 0 Å². The fourth-order valence-corrected chi connectivity index (χ4v) is 2.90. The molecule has 140 valence electrons. The molecule has 3 aromatic rings. The van der Waals surface area contributed by atoms with Crippen LogP contribution >= 0.6 is 0 Å². The van der Waals surface area contributed by atoms with Gasteiger partial charge in [0.2, 0.25) is 0 Å². The Balaban J connectivity index is 1.66. The van der Waals surface area contributed by atoms with Gasteiger partial charge in [0, 0.05) is 30.7 Å². The summed E-state index contributed by atoms with van der Waals surface area (Å²) in [6, 6.07) is 11.1. The van der Waals surface area contributed by atoms with E-state index in [0.29, 0.717) is 11.6 Å². The zero-order chi connectivity index (χ0) is 19.2. The van der Waals surface area contributed by atoms with Gasteiger partial charge in [-0.2, -0.15) is 0 Å². The lowest BCUT2D eigenvalue weighted by molar-refractivity contribution is 0.246. The summed E-state index contributed by atoms with van der Waals surface area (Å²) in [5.74, 6) is 1.22. The number of carbonyl (C=O) groups excluding carboxylic acids is 1. The quantitative estimate of drug-likeness (QED) is 0.697. The maximum atomic E-state index is 12.5. The maximum absolute atomic E-state index is 12.5. The highest BCUT2D eigenvalue weighted by Gasteiger charge is 2.16. The predicted molar refractivity (Wildman–Crippen MR) is 105 cm³/mol. The van der Waals surface area contributed by atoms with E-state index in [1.54, 1.807) is 18.7 Å². The number of amides is 2. The second kappa shape index (κ2) is 8.44. The molecule has 7 heteroatoms. The molecule has 1 atom stereocenters. The number of hydrogen-bond donors (Lipinski definition) is 2. The van der Waals surface area contributed by atoms with E-state index in [4.69, 9.17) is 0 Å². The van der Waals surface area contributed by atoms with Crippen LogP contribution in [0.15, 0.2) is 55.1 Å². The Morgan fingerprint density at radius 3 is 2.56 bits per heavy atom. The summed E-state index contributed by atoms with van der Waals surface area (Å²) < 4.78 is 1.85. The van der Waals surface area contributed by atoms with Gasteiger partial charge in [-0.15, -0.1) is 10.2 Å². The van der Waals surface area contributed by atoms with E-state index in [-0.39, 0.29) is 12.1 Å². The van der Waals surface area contributed by atoms with Crippen molar-refractivity contribution < 1.29 is 4.79 Å². The maximum Gasteiger partial charge on any atom is 0.319 e. The highest BCUT2D eigenvalue weighted by molar-refractivity contribution is 5.89. The molecule has 1 aromatic carbocycles. The van der Waals surface area contributed by atoms with Crippen molar-refractivity contribution in [2.45, 2.75) is 26.3 Å². The smallest absolute Gasteiger partial charge is 0.319 e. The number of benzene rings is 1. The van der Waals surface area contributed by atoms with Crippen molar-refractivity contribution in [3.8, 4) is 11.4 Å². The Hall–Kier alpha value is -3.22. The highest BCUT2D eigenvalue weighted by atomic mass is 16.2. The molecule has 2 N–H and O–H groups in total. The van der Waals surface area contributed by atoms with Gasteiger partial charge in [0.15, 0.2) is 5.82 Å². The molecule has 0 bridgehead atoms. The summed E-state index contributed by atoms with van der Waals surface area (Å²) >= 11 is 0. The standard InChI is InChI=1S/C20H24N6O/c1-14(2)11-18(16-5-4-10-21-12-16)24-20(27)23-17-8-6-15(7-9-17)19-25-22-13-26(19)3/h4-10,12-14,18H,11H2,1-3H3,(H2,23,24,27). The molecule has 0 saturated heterocycles. The molecular formula is C20H24N6O. The fourth-order valence-electron chi connectivity index (χ4n) is 2.90. The zero-order valence-electron chi connectivity index (χ0n) is 15.8. The van der Waals surface area contributed by atoms with E-state index in [1.807, 2.05) is 48.0 Å². The first-order valence-corrected chi connectivity index (χ1v) is 8.95. The first kappa shape index (κ1) is 18.6. The minimum absolute atomic E-state index is 0.0865. The largest absolute Gasteiger partial charge is 0.331 e. The van der Waals surface area contributed by atoms with Crippen LogP contribution in [0.25, 0.3) is 11.4 Å². The minimum Gasteiger partial charge on any atom is -0.331 e. The second-order valence-corrected chi connectivity index (χ2v) is 6.91. The monoisotopic (exact) mass is 364 g/mol. The zero-order valence-corrected chi connectivity index (χ0v) is 15.8. The number of aromatic nitrogens is 4. The van der Waals surface area contributed by atoms with Crippen LogP contribution in [0.2, 0.25) is 0 Å². The van der Waals surface area contributed by atoms with Crippen molar-refractivity contribution >= 4 is 11.7 Å². The van der Waals surface area contributed by atoms with Crippen LogP contribution in [0.5, 0.6) is 0 Å². The van der Waals surface area contributed by atoms with E-state index in [0.717, 1.165) is 23.4 Å². The molecule has 0 aliphatic heterocycles. The number of rotatable bonds is 6. The number of anilines is 1. The van der Waals surface area contributed by atoms with E-state index in [2.05, 4.69) is 39.7 Å². The van der Waals surface area contributed by atoms with Gasteiger partial charge >= 0.3 is 6.03 Å². The highest BCUT2D eigenvalue weighted by Crippen LogP contribution is 2.21. The van der Waals surface area contributed by atoms with E-state index in [1.165, 1.54) is 0 Å². The number of carbonyl (C=O) groups is 1. The van der Waals surface area contributed by atoms with Gasteiger partial charge < -0.3 is 15.2 Å². The molecule has 0 fully saturated rings. The van der Waals surface area contributed by atoms with Gasteiger partial charge in [-0.05, 0) is 48.2 Å². The van der Waals surface area contributed by atoms with Crippen LogP contribution in [-0.4, -0.2) is 25.8 Å². The Morgan fingerprint density at radius 1 is 1.19 bits per heavy atom. The molecule has 2 heterocycles. The number of hydrogen-bond acceptors (Lipinski definition) is 4. The SMILES string of the molecule is CC(C)CC(NC(=O)Nc1ccc(-c2nncn2C)cc1)c1cccnc1. The third-order valence-electron chi connectivity index (χ3n) is 4.21. The van der Waals surface area contributed by atoms with E-state index in [9.17, 15) is 4.79 Å². The number of nitrogens with zero attached hydrogens (tertiary/aromatic N) is 4. The molecular weight excluding hydrogens is 340 g/mol. The Kier molecular flexibility index (Phi) is 5.80. The van der Waals surface area contributed by atoms with Crippen LogP contribution in [0, 0.1) is 5.92 Å². The van der Waals surface area contributed by atoms with Gasteiger partial charge in [0.1, 0.15) is 6.33 Å². The second-order valence-electron chi connectivity index (χ2n) is 6.91. The molecule has 3 rings (SSSR count). The third-order valence-corrected chi connectivity index (χ3v) is 4.21. The van der Waals surface area contributed by atoms with Gasteiger partial charge in [0.05, 0.1) is 6.04 Å². The van der Waals surface area contributed by atoms with Crippen LogP contribution < -0.4 is 10.6 Å². The van der Waals surface area contributed by atoms with E-state index >= 15 is 0 Å². The van der Waals surface area contributed by atoms with Crippen molar-refractivity contribution in [1.82, 2.24) is 25.1 Å². The van der Waals surface area contributed by atoms with E-state index < -0.39 is 0 Å². The molecule has 0 radical (unpaired) electrons. The summed E-state index contributed by atoms with van der Waals surface area (Å²) in [7, 11) is 1.89. The van der Waals surface area contributed by atoms with Crippen molar-refractivity contribution in [2.24, 2.45) is 13.0 Å². The lowest BCUT2D eigenvalue weighted by atomic mass is 9.98. The molecule has 0 aliphatic rings. The Bertz CT molecular complexity index is 873. The fraction of sp³-hybridized carbons (Fsp3) is 0.300. The number of nitrogens with one attached hydrogen (secondary N) is 2. The average Bonchev–Trinajstić information content (AvgIpc) is 3.08. The molecule has 2 amide bonds. The first-order valence-electron chi connectivity index (χ1n) is 8.95. The van der Waals surface area contributed by atoms with Gasteiger partial charge in [-0.25, -0.2) is 4.79 Å². The van der Waals surface area contributed by atoms with Gasteiger partial charge in [-0.3, -0.25) is 4.98 Å². The minimum atomic E-state index is -0.240. The predicted octanol–water partition coefficient (Wildman–Crippen LogP) is 3.79. The summed E-state index contributed by atoms with van der Waals surface area (Å²) in [5, 5.41) is 13.9. The van der Waals surface area contributed by atoms with Crippen LogP contribution in [0.4, 0.5) is 10.5 Å². The Morgan fingerprint density at radius 2 is 1.96 bits per heavy atom. The normalized spacial score (nSPS) is 12.0.